The Morgan fingerprint density at radius 3 is 2.65 bits per heavy atom. The van der Waals surface area contributed by atoms with Crippen LogP contribution in [0.15, 0.2) is 42.6 Å². The first-order valence-corrected chi connectivity index (χ1v) is 7.88. The van der Waals surface area contributed by atoms with Crippen molar-refractivity contribution < 1.29 is 9.53 Å². The van der Waals surface area contributed by atoms with Crippen LogP contribution < -0.4 is 15.4 Å². The monoisotopic (exact) mass is 311 g/mol. The highest BCUT2D eigenvalue weighted by atomic mass is 16.5. The molecule has 2 heterocycles. The maximum Gasteiger partial charge on any atom is 0.227 e. The summed E-state index contributed by atoms with van der Waals surface area (Å²) in [6.07, 6.45) is 3.50. The maximum atomic E-state index is 12.3. The Morgan fingerprint density at radius 1 is 1.22 bits per heavy atom. The third-order valence-corrected chi connectivity index (χ3v) is 4.12. The van der Waals surface area contributed by atoms with Crippen molar-refractivity contribution >= 4 is 11.6 Å². The summed E-state index contributed by atoms with van der Waals surface area (Å²) in [5.74, 6) is 0.997. The van der Waals surface area contributed by atoms with Crippen molar-refractivity contribution in [3.05, 3.63) is 42.6 Å². The van der Waals surface area contributed by atoms with E-state index in [1.165, 1.54) is 0 Å². The number of pyridine rings is 1. The zero-order chi connectivity index (χ0) is 16.1. The van der Waals surface area contributed by atoms with Gasteiger partial charge in [-0.15, -0.1) is 0 Å². The lowest BCUT2D eigenvalue weighted by Crippen LogP contribution is -2.34. The molecule has 1 fully saturated rings. The van der Waals surface area contributed by atoms with E-state index in [1.54, 1.807) is 13.3 Å². The van der Waals surface area contributed by atoms with Crippen molar-refractivity contribution in [3.8, 4) is 17.0 Å². The van der Waals surface area contributed by atoms with Crippen molar-refractivity contribution in [2.75, 3.05) is 25.5 Å². The first kappa shape index (κ1) is 15.5. The van der Waals surface area contributed by atoms with Gasteiger partial charge in [-0.1, -0.05) is 0 Å². The molecule has 3 rings (SSSR count). The molecule has 1 aliphatic rings. The smallest absolute Gasteiger partial charge is 0.227 e. The number of nitrogens with zero attached hydrogens (tertiary/aromatic N) is 1. The molecule has 0 bridgehead atoms. The van der Waals surface area contributed by atoms with Crippen LogP contribution in [0.5, 0.6) is 5.75 Å². The molecule has 0 radical (unpaired) electrons. The fourth-order valence-electron chi connectivity index (χ4n) is 2.76. The molecule has 0 unspecified atom stereocenters. The van der Waals surface area contributed by atoms with E-state index in [1.807, 2.05) is 36.4 Å². The minimum absolute atomic E-state index is 0.0915. The number of carbonyl (C=O) groups is 1. The highest BCUT2D eigenvalue weighted by Crippen LogP contribution is 2.23. The number of piperidine rings is 1. The van der Waals surface area contributed by atoms with E-state index in [9.17, 15) is 4.79 Å². The van der Waals surface area contributed by atoms with E-state index in [0.717, 1.165) is 48.6 Å². The van der Waals surface area contributed by atoms with Gasteiger partial charge in [0, 0.05) is 23.4 Å². The second-order valence-corrected chi connectivity index (χ2v) is 5.67. The van der Waals surface area contributed by atoms with Crippen LogP contribution in [0.1, 0.15) is 12.8 Å². The molecular weight excluding hydrogens is 290 g/mol. The number of amides is 1. The molecule has 1 saturated heterocycles. The minimum Gasteiger partial charge on any atom is -0.497 e. The van der Waals surface area contributed by atoms with Crippen LogP contribution in [0, 0.1) is 5.92 Å². The molecule has 0 spiro atoms. The van der Waals surface area contributed by atoms with Crippen molar-refractivity contribution in [2.24, 2.45) is 5.92 Å². The molecule has 0 saturated carbocycles. The highest BCUT2D eigenvalue weighted by Gasteiger charge is 2.20. The van der Waals surface area contributed by atoms with Gasteiger partial charge in [-0.3, -0.25) is 9.78 Å². The van der Waals surface area contributed by atoms with Gasteiger partial charge in [-0.05, 0) is 62.3 Å². The Kier molecular flexibility index (Phi) is 4.88. The summed E-state index contributed by atoms with van der Waals surface area (Å²) in [5, 5.41) is 6.29. The van der Waals surface area contributed by atoms with Crippen LogP contribution in [-0.4, -0.2) is 31.1 Å². The maximum absolute atomic E-state index is 12.3. The molecule has 1 amide bonds. The number of methoxy groups -OCH3 is 1. The van der Waals surface area contributed by atoms with Gasteiger partial charge >= 0.3 is 0 Å². The number of benzene rings is 1. The Morgan fingerprint density at radius 2 is 1.96 bits per heavy atom. The number of hydrogen-bond acceptors (Lipinski definition) is 4. The first-order chi connectivity index (χ1) is 11.3. The summed E-state index contributed by atoms with van der Waals surface area (Å²) >= 11 is 0. The quantitative estimate of drug-likeness (QED) is 0.911. The Balaban J connectivity index is 1.72. The molecule has 120 valence electrons. The molecule has 2 aromatic rings. The zero-order valence-electron chi connectivity index (χ0n) is 13.2. The van der Waals surface area contributed by atoms with Gasteiger partial charge in [0.15, 0.2) is 0 Å². The largest absolute Gasteiger partial charge is 0.497 e. The summed E-state index contributed by atoms with van der Waals surface area (Å²) in [7, 11) is 1.64. The fourth-order valence-corrected chi connectivity index (χ4v) is 2.76. The van der Waals surface area contributed by atoms with E-state index in [-0.39, 0.29) is 11.8 Å². The van der Waals surface area contributed by atoms with Crippen LogP contribution in [0.2, 0.25) is 0 Å². The third-order valence-electron chi connectivity index (χ3n) is 4.12. The topological polar surface area (TPSA) is 63.2 Å². The standard InChI is InChI=1S/C18H21N3O2/c1-23-16-4-2-13(3-5-16)17-12-15(8-11-20-17)21-18(22)14-6-9-19-10-7-14/h2-5,8,11-12,14,19H,6-7,9-10H2,1H3,(H,20,21,22). The number of aromatic nitrogens is 1. The summed E-state index contributed by atoms with van der Waals surface area (Å²) in [5.41, 5.74) is 2.61. The fraction of sp³-hybridized carbons (Fsp3) is 0.333. The van der Waals surface area contributed by atoms with Crippen LogP contribution in [0.4, 0.5) is 5.69 Å². The lowest BCUT2D eigenvalue weighted by molar-refractivity contribution is -0.120. The van der Waals surface area contributed by atoms with Gasteiger partial charge in [-0.25, -0.2) is 0 Å². The SMILES string of the molecule is COc1ccc(-c2cc(NC(=O)C3CCNCC3)ccn2)cc1. The van der Waals surface area contributed by atoms with Crippen molar-refractivity contribution in [2.45, 2.75) is 12.8 Å². The van der Waals surface area contributed by atoms with E-state index in [4.69, 9.17) is 4.74 Å². The number of rotatable bonds is 4. The average Bonchev–Trinajstić information content (AvgIpc) is 2.63. The molecule has 0 aliphatic carbocycles. The predicted molar refractivity (Wildman–Crippen MR) is 90.4 cm³/mol. The molecule has 1 aliphatic heterocycles. The van der Waals surface area contributed by atoms with Gasteiger partial charge in [0.05, 0.1) is 12.8 Å². The number of ether oxygens (including phenoxy) is 1. The van der Waals surface area contributed by atoms with Gasteiger partial charge in [-0.2, -0.15) is 0 Å². The molecular formula is C18H21N3O2. The second kappa shape index (κ2) is 7.24. The zero-order valence-corrected chi connectivity index (χ0v) is 13.2. The van der Waals surface area contributed by atoms with E-state index >= 15 is 0 Å². The molecule has 0 atom stereocenters. The summed E-state index contributed by atoms with van der Waals surface area (Å²) in [4.78, 5) is 16.7. The van der Waals surface area contributed by atoms with E-state index < -0.39 is 0 Å². The molecule has 5 heteroatoms. The van der Waals surface area contributed by atoms with Gasteiger partial charge < -0.3 is 15.4 Å². The van der Waals surface area contributed by atoms with Crippen molar-refractivity contribution in [1.29, 1.82) is 0 Å². The summed E-state index contributed by atoms with van der Waals surface area (Å²) < 4.78 is 5.17. The van der Waals surface area contributed by atoms with Gasteiger partial charge in [0.2, 0.25) is 5.91 Å². The van der Waals surface area contributed by atoms with Crippen LogP contribution in [-0.2, 0) is 4.79 Å². The van der Waals surface area contributed by atoms with E-state index in [0.29, 0.717) is 0 Å². The van der Waals surface area contributed by atoms with Crippen LogP contribution >= 0.6 is 0 Å². The number of carbonyl (C=O) groups excluding carboxylic acids is 1. The minimum atomic E-state index is 0.0915. The molecule has 1 aromatic heterocycles. The third kappa shape index (κ3) is 3.87. The normalized spacial score (nSPS) is 15.2. The molecule has 23 heavy (non-hydrogen) atoms. The summed E-state index contributed by atoms with van der Waals surface area (Å²) in [6.45, 7) is 1.82. The predicted octanol–water partition coefficient (Wildman–Crippen LogP) is 2.70. The lowest BCUT2D eigenvalue weighted by Gasteiger charge is -2.21. The van der Waals surface area contributed by atoms with Crippen molar-refractivity contribution in [3.63, 3.8) is 0 Å². The van der Waals surface area contributed by atoms with E-state index in [2.05, 4.69) is 15.6 Å². The van der Waals surface area contributed by atoms with Crippen molar-refractivity contribution in [1.82, 2.24) is 10.3 Å². The molecule has 2 N–H and O–H groups in total. The Hall–Kier alpha value is -2.40. The Labute approximate surface area is 136 Å². The number of nitrogens with one attached hydrogen (secondary N) is 2. The van der Waals surface area contributed by atoms with Crippen LogP contribution in [0.25, 0.3) is 11.3 Å². The lowest BCUT2D eigenvalue weighted by atomic mass is 9.97. The summed E-state index contributed by atoms with van der Waals surface area (Å²) in [6, 6.07) is 11.4. The first-order valence-electron chi connectivity index (χ1n) is 7.88. The van der Waals surface area contributed by atoms with Gasteiger partial charge in [0.25, 0.3) is 0 Å². The van der Waals surface area contributed by atoms with Crippen LogP contribution in [0.3, 0.4) is 0 Å². The highest BCUT2D eigenvalue weighted by molar-refractivity contribution is 5.93. The molecule has 1 aromatic carbocycles. The number of hydrogen-bond donors (Lipinski definition) is 2. The number of anilines is 1. The average molecular weight is 311 g/mol. The second-order valence-electron chi connectivity index (χ2n) is 5.67. The Bertz CT molecular complexity index is 664. The molecule has 5 nitrogen and oxygen atoms in total. The van der Waals surface area contributed by atoms with Gasteiger partial charge in [0.1, 0.15) is 5.75 Å².